The van der Waals surface area contributed by atoms with Crippen LogP contribution in [0.1, 0.15) is 39.5 Å². The van der Waals surface area contributed by atoms with Crippen molar-refractivity contribution in [2.75, 3.05) is 12.1 Å². The van der Waals surface area contributed by atoms with Gasteiger partial charge in [-0.1, -0.05) is 37.0 Å². The third kappa shape index (κ3) is 38.3. The van der Waals surface area contributed by atoms with Crippen LogP contribution in [-0.4, -0.2) is 37.6 Å². The molecule has 0 aromatic heterocycles. The Morgan fingerprint density at radius 1 is 1.05 bits per heavy atom. The smallest absolute Gasteiger partial charge is 0.356 e. The molecule has 21 heavy (non-hydrogen) atoms. The highest BCUT2D eigenvalue weighted by Crippen LogP contribution is 1.97. The number of hydrogen-bond acceptors (Lipinski definition) is 6. The largest absolute Gasteiger partial charge is 0.481 e. The molecule has 1 N–H and O–H groups in total. The van der Waals surface area contributed by atoms with Gasteiger partial charge in [0.15, 0.2) is 6.07 Å². The normalized spacial score (nSPS) is 9.57. The van der Waals surface area contributed by atoms with Crippen molar-refractivity contribution in [1.82, 2.24) is 0 Å². The maximum atomic E-state index is 10.3. The molecule has 0 radical (unpaired) electrons. The minimum Gasteiger partial charge on any atom is -0.481 e. The third-order valence-electron chi connectivity index (χ3n) is 1.32. The molecular weight excluding hydrogens is 371 g/mol. The second-order valence-electron chi connectivity index (χ2n) is 3.14. The van der Waals surface area contributed by atoms with Crippen LogP contribution in [0.5, 0.6) is 0 Å². The summed E-state index contributed by atoms with van der Waals surface area (Å²) in [5, 5.41) is 7.91. The van der Waals surface area contributed by atoms with Gasteiger partial charge < -0.3 is 9.84 Å². The Hall–Kier alpha value is -0.280. The van der Waals surface area contributed by atoms with Crippen LogP contribution in [0, 0.1) is 0 Å². The zero-order valence-electron chi connectivity index (χ0n) is 11.7. The maximum absolute atomic E-state index is 10.3. The summed E-state index contributed by atoms with van der Waals surface area (Å²) < 4.78 is 27.5. The topological polar surface area (TPSA) is 107 Å². The number of rotatable bonds is 7. The van der Waals surface area contributed by atoms with Crippen LogP contribution in [0.25, 0.3) is 0 Å². The van der Waals surface area contributed by atoms with Gasteiger partial charge in [0.1, 0.15) is 6.07 Å². The lowest BCUT2D eigenvalue weighted by Crippen LogP contribution is -2.00. The van der Waals surface area contributed by atoms with Gasteiger partial charge in [-0.15, -0.1) is 0 Å². The molecule has 7 nitrogen and oxygen atoms in total. The number of carboxylic acids is 1. The Bertz CT molecular complexity index is 352. The predicted octanol–water partition coefficient (Wildman–Crippen LogP) is 3.08. The number of ether oxygens (including phenoxy) is 1. The van der Waals surface area contributed by atoms with Gasteiger partial charge in [-0.25, -0.2) is 4.18 Å². The van der Waals surface area contributed by atoms with Crippen molar-refractivity contribution in [2.45, 2.75) is 39.5 Å². The van der Waals surface area contributed by atoms with E-state index in [0.29, 0.717) is 12.8 Å². The first-order valence-corrected chi connectivity index (χ1v) is 9.03. The van der Waals surface area contributed by atoms with Gasteiger partial charge in [0.05, 0.1) is 0 Å². The highest BCUT2D eigenvalue weighted by atomic mass is 35.7. The van der Waals surface area contributed by atoms with Crippen molar-refractivity contribution in [1.29, 1.82) is 0 Å². The van der Waals surface area contributed by atoms with E-state index < -0.39 is 21.4 Å². The monoisotopic (exact) mass is 388 g/mol. The first-order chi connectivity index (χ1) is 9.64. The van der Waals surface area contributed by atoms with Crippen LogP contribution in [0.4, 0.5) is 0 Å². The highest BCUT2D eigenvalue weighted by molar-refractivity contribution is 8.10. The van der Waals surface area contributed by atoms with Crippen LogP contribution in [-0.2, 0) is 27.8 Å². The SMILES string of the molecule is CCCC(=O)O.CCCC(=O)OCCl.O=S(=O)(Cl)OCCl. The average Bonchev–Trinajstić information content (AvgIpc) is 2.29. The zero-order chi connectivity index (χ0) is 17.3. The van der Waals surface area contributed by atoms with E-state index in [1.54, 1.807) is 0 Å². The summed E-state index contributed by atoms with van der Waals surface area (Å²) in [7, 11) is 0.665. The van der Waals surface area contributed by atoms with E-state index in [2.05, 4.69) is 19.6 Å². The van der Waals surface area contributed by atoms with Gasteiger partial charge in [0.2, 0.25) is 0 Å². The van der Waals surface area contributed by atoms with Gasteiger partial charge in [-0.05, 0) is 12.8 Å². The Kier molecular flexibility index (Phi) is 21.7. The molecule has 0 atom stereocenters. The molecule has 0 bridgehead atoms. The van der Waals surface area contributed by atoms with Crippen LogP contribution < -0.4 is 0 Å². The van der Waals surface area contributed by atoms with Crippen molar-refractivity contribution in [3.05, 3.63) is 0 Å². The molecule has 0 fully saturated rings. The fourth-order valence-corrected chi connectivity index (χ4v) is 1.45. The molecule has 0 aromatic rings. The molecule has 0 unspecified atom stereocenters. The van der Waals surface area contributed by atoms with Crippen molar-refractivity contribution in [2.24, 2.45) is 0 Å². The van der Waals surface area contributed by atoms with Crippen LogP contribution in [0.2, 0.25) is 0 Å². The molecule has 0 rings (SSSR count). The Balaban J connectivity index is -0.000000234. The lowest BCUT2D eigenvalue weighted by atomic mass is 10.3. The minimum atomic E-state index is -3.83. The minimum absolute atomic E-state index is 0.0289. The van der Waals surface area contributed by atoms with Crippen LogP contribution in [0.3, 0.4) is 0 Å². The molecule has 0 saturated carbocycles. The van der Waals surface area contributed by atoms with Gasteiger partial charge in [0.25, 0.3) is 0 Å². The molecule has 0 aliphatic carbocycles. The van der Waals surface area contributed by atoms with E-state index in [1.165, 1.54) is 0 Å². The third-order valence-corrected chi connectivity index (χ3v) is 2.33. The Labute approximate surface area is 139 Å². The first-order valence-electron chi connectivity index (χ1n) is 5.72. The van der Waals surface area contributed by atoms with Gasteiger partial charge in [-0.3, -0.25) is 9.59 Å². The highest BCUT2D eigenvalue weighted by Gasteiger charge is 2.00. The summed E-state index contributed by atoms with van der Waals surface area (Å²) in [6, 6.07) is -0.468. The van der Waals surface area contributed by atoms with Crippen molar-refractivity contribution < 1.29 is 32.0 Å². The van der Waals surface area contributed by atoms with E-state index in [1.807, 2.05) is 13.8 Å². The van der Waals surface area contributed by atoms with Crippen molar-refractivity contribution in [3.63, 3.8) is 0 Å². The standard InChI is InChI=1S/C5H9ClO2.C4H8O2.CH2Cl2O3S/c1-2-3-5(7)8-4-6;1-2-3-4(5)6;2-1-6-7(3,4)5/h2-4H2,1H3;2-3H2,1H3,(H,5,6);1H2. The fraction of sp³-hybridized carbons (Fsp3) is 0.800. The summed E-state index contributed by atoms with van der Waals surface area (Å²) in [5.41, 5.74) is 0. The van der Waals surface area contributed by atoms with E-state index >= 15 is 0 Å². The van der Waals surface area contributed by atoms with Gasteiger partial charge >= 0.3 is 21.3 Å². The summed E-state index contributed by atoms with van der Waals surface area (Å²) in [4.78, 5) is 19.9. The number of alkyl halides is 2. The Morgan fingerprint density at radius 2 is 1.52 bits per heavy atom. The van der Waals surface area contributed by atoms with E-state index in [4.69, 9.17) is 28.3 Å². The Morgan fingerprint density at radius 3 is 1.67 bits per heavy atom. The first kappa shape index (κ1) is 25.7. The quantitative estimate of drug-likeness (QED) is 0.405. The number of esters is 1. The van der Waals surface area contributed by atoms with Crippen LogP contribution in [0.15, 0.2) is 0 Å². The number of hydrogen-bond donors (Lipinski definition) is 1. The summed E-state index contributed by atoms with van der Waals surface area (Å²) in [6.07, 6.45) is 2.30. The van der Waals surface area contributed by atoms with Crippen molar-refractivity contribution in [3.8, 4) is 0 Å². The summed E-state index contributed by atoms with van der Waals surface area (Å²) >= 11 is 9.89. The molecule has 0 amide bonds. The number of aliphatic carboxylic acids is 1. The molecule has 128 valence electrons. The molecule has 0 saturated heterocycles. The number of carbonyl (C=O) groups is 2. The fourth-order valence-electron chi connectivity index (χ4n) is 0.604. The van der Waals surface area contributed by atoms with Gasteiger partial charge in [-0.2, -0.15) is 8.42 Å². The number of carbonyl (C=O) groups excluding carboxylic acids is 1. The average molecular weight is 390 g/mol. The van der Waals surface area contributed by atoms with E-state index in [0.717, 1.165) is 12.8 Å². The maximum Gasteiger partial charge on any atom is 0.356 e. The zero-order valence-corrected chi connectivity index (χ0v) is 14.8. The molecule has 0 aliphatic heterocycles. The second kappa shape index (κ2) is 17.8. The summed E-state index contributed by atoms with van der Waals surface area (Å²) in [5.74, 6) is -0.931. The summed E-state index contributed by atoms with van der Waals surface area (Å²) in [6.45, 7) is 3.75. The molecular formula is C10H19Cl3O7S. The molecule has 11 heteroatoms. The molecule has 0 aliphatic rings. The second-order valence-corrected chi connectivity index (χ2v) is 5.73. The number of halogens is 3. The van der Waals surface area contributed by atoms with Gasteiger partial charge in [0, 0.05) is 23.5 Å². The predicted molar refractivity (Wildman–Crippen MR) is 80.8 cm³/mol. The van der Waals surface area contributed by atoms with E-state index in [9.17, 15) is 18.0 Å². The van der Waals surface area contributed by atoms with Crippen molar-refractivity contribution >= 4 is 55.2 Å². The molecule has 0 heterocycles. The number of carboxylic acid groups (broad SMARTS) is 1. The van der Waals surface area contributed by atoms with Crippen LogP contribution >= 0.6 is 33.9 Å². The lowest BCUT2D eigenvalue weighted by Gasteiger charge is -1.94. The molecule has 0 spiro atoms. The molecule has 0 aromatic carbocycles. The lowest BCUT2D eigenvalue weighted by molar-refractivity contribution is -0.141. The van der Waals surface area contributed by atoms with E-state index in [-0.39, 0.29) is 12.0 Å².